The van der Waals surface area contributed by atoms with E-state index in [-0.39, 0.29) is 0 Å². The Hall–Kier alpha value is -2.51. The summed E-state index contributed by atoms with van der Waals surface area (Å²) >= 11 is 0. The highest BCUT2D eigenvalue weighted by Gasteiger charge is 2.29. The van der Waals surface area contributed by atoms with Crippen LogP contribution in [0.25, 0.3) is 10.8 Å². The molecule has 1 aromatic heterocycles. The summed E-state index contributed by atoms with van der Waals surface area (Å²) in [7, 11) is -3.50. The maximum atomic E-state index is 13.1. The number of hydrogen-bond acceptors (Lipinski definition) is 5. The molecule has 0 radical (unpaired) electrons. The summed E-state index contributed by atoms with van der Waals surface area (Å²) in [5.74, 6) is 0.864. The minimum atomic E-state index is -3.50. The SMILES string of the molecule is O=S(=O)(c1ccc2ccccc2c1)N1CCN(c2cc3c(nn2)CCC3)CC1. The molecule has 3 aromatic rings. The average Bonchev–Trinajstić information content (AvgIpc) is 3.21. The second-order valence-corrected chi connectivity index (χ2v) is 9.37. The molecule has 0 N–H and O–H groups in total. The molecule has 7 heteroatoms. The number of aryl methyl sites for hydroxylation is 2. The molecule has 144 valence electrons. The number of sulfonamides is 1. The van der Waals surface area contributed by atoms with Crippen molar-refractivity contribution < 1.29 is 8.42 Å². The Morgan fingerprint density at radius 3 is 2.43 bits per heavy atom. The molecule has 2 heterocycles. The molecule has 5 rings (SSSR count). The first kappa shape index (κ1) is 17.6. The van der Waals surface area contributed by atoms with E-state index in [9.17, 15) is 8.42 Å². The summed E-state index contributed by atoms with van der Waals surface area (Å²) in [4.78, 5) is 2.50. The van der Waals surface area contributed by atoms with E-state index < -0.39 is 10.0 Å². The van der Waals surface area contributed by atoms with Crippen LogP contribution in [0.3, 0.4) is 0 Å². The number of benzene rings is 2. The number of anilines is 1. The van der Waals surface area contributed by atoms with Crippen LogP contribution in [0.1, 0.15) is 17.7 Å². The van der Waals surface area contributed by atoms with Gasteiger partial charge in [0.25, 0.3) is 0 Å². The second-order valence-electron chi connectivity index (χ2n) is 7.43. The fraction of sp³-hybridized carbons (Fsp3) is 0.333. The molecule has 1 aliphatic heterocycles. The topological polar surface area (TPSA) is 66.4 Å². The van der Waals surface area contributed by atoms with Crippen LogP contribution >= 0.6 is 0 Å². The lowest BCUT2D eigenvalue weighted by Gasteiger charge is -2.34. The summed E-state index contributed by atoms with van der Waals surface area (Å²) in [6, 6.07) is 15.3. The number of rotatable bonds is 3. The van der Waals surface area contributed by atoms with Gasteiger partial charge in [0.05, 0.1) is 10.6 Å². The molecule has 6 nitrogen and oxygen atoms in total. The van der Waals surface area contributed by atoms with E-state index in [0.717, 1.165) is 41.5 Å². The lowest BCUT2D eigenvalue weighted by molar-refractivity contribution is 0.383. The van der Waals surface area contributed by atoms with Crippen molar-refractivity contribution >= 4 is 26.6 Å². The zero-order chi connectivity index (χ0) is 19.1. The fourth-order valence-electron chi connectivity index (χ4n) is 4.11. The van der Waals surface area contributed by atoms with Gasteiger partial charge in [0.1, 0.15) is 0 Å². The van der Waals surface area contributed by atoms with Gasteiger partial charge in [-0.15, -0.1) is 5.10 Å². The highest BCUT2D eigenvalue weighted by molar-refractivity contribution is 7.89. The van der Waals surface area contributed by atoms with Crippen molar-refractivity contribution in [3.05, 3.63) is 59.8 Å². The van der Waals surface area contributed by atoms with Crippen LogP contribution in [0.5, 0.6) is 0 Å². The lowest BCUT2D eigenvalue weighted by Crippen LogP contribution is -2.49. The first-order valence-corrected chi connectivity index (χ1v) is 11.1. The van der Waals surface area contributed by atoms with Crippen LogP contribution in [0.2, 0.25) is 0 Å². The van der Waals surface area contributed by atoms with Crippen molar-refractivity contribution in [3.63, 3.8) is 0 Å². The van der Waals surface area contributed by atoms with E-state index >= 15 is 0 Å². The van der Waals surface area contributed by atoms with Gasteiger partial charge in [-0.25, -0.2) is 8.42 Å². The summed E-state index contributed by atoms with van der Waals surface area (Å²) < 4.78 is 27.8. The maximum Gasteiger partial charge on any atom is 0.243 e. The molecule has 1 aliphatic carbocycles. The summed E-state index contributed by atoms with van der Waals surface area (Å²) in [6.45, 7) is 2.16. The van der Waals surface area contributed by atoms with Gasteiger partial charge in [-0.1, -0.05) is 30.3 Å². The van der Waals surface area contributed by atoms with E-state index in [2.05, 4.69) is 21.2 Å². The standard InChI is InChI=1S/C21H22N4O2S/c26-28(27,19-9-8-16-4-1-2-5-17(16)14-19)25-12-10-24(11-13-25)21-15-18-6-3-7-20(18)22-23-21/h1-2,4-5,8-9,14-15H,3,6-7,10-13H2. The Morgan fingerprint density at radius 1 is 0.821 bits per heavy atom. The number of hydrogen-bond donors (Lipinski definition) is 0. The summed E-state index contributed by atoms with van der Waals surface area (Å²) in [6.07, 6.45) is 3.22. The molecule has 0 saturated carbocycles. The second kappa shape index (κ2) is 6.83. The van der Waals surface area contributed by atoms with Gasteiger partial charge < -0.3 is 4.90 Å². The van der Waals surface area contributed by atoms with Gasteiger partial charge in [-0.3, -0.25) is 0 Å². The predicted molar refractivity (Wildman–Crippen MR) is 109 cm³/mol. The monoisotopic (exact) mass is 394 g/mol. The molecule has 0 atom stereocenters. The Morgan fingerprint density at radius 2 is 1.61 bits per heavy atom. The number of piperazine rings is 1. The van der Waals surface area contributed by atoms with Crippen molar-refractivity contribution in [2.75, 3.05) is 31.1 Å². The quantitative estimate of drug-likeness (QED) is 0.683. The van der Waals surface area contributed by atoms with Crippen molar-refractivity contribution in [2.45, 2.75) is 24.2 Å². The Bertz CT molecular complexity index is 1140. The van der Waals surface area contributed by atoms with Crippen LogP contribution < -0.4 is 4.90 Å². The number of nitrogens with zero attached hydrogens (tertiary/aromatic N) is 4. The molecule has 1 saturated heterocycles. The molecule has 0 spiro atoms. The molecule has 1 fully saturated rings. The van der Waals surface area contributed by atoms with Crippen LogP contribution in [0, 0.1) is 0 Å². The minimum absolute atomic E-state index is 0.358. The van der Waals surface area contributed by atoms with E-state index in [0.29, 0.717) is 31.1 Å². The van der Waals surface area contributed by atoms with E-state index in [1.54, 1.807) is 16.4 Å². The van der Waals surface area contributed by atoms with Crippen LogP contribution in [-0.2, 0) is 22.9 Å². The third-order valence-corrected chi connectivity index (χ3v) is 7.62. The normalized spacial score (nSPS) is 17.8. The first-order valence-electron chi connectivity index (χ1n) is 9.71. The van der Waals surface area contributed by atoms with Gasteiger partial charge in [0.15, 0.2) is 5.82 Å². The molecule has 0 amide bonds. The molecule has 2 aromatic carbocycles. The smallest absolute Gasteiger partial charge is 0.243 e. The number of fused-ring (bicyclic) bond motifs is 2. The van der Waals surface area contributed by atoms with Crippen LogP contribution in [0.4, 0.5) is 5.82 Å². The first-order chi connectivity index (χ1) is 13.6. The highest BCUT2D eigenvalue weighted by Crippen LogP contribution is 2.26. The lowest BCUT2D eigenvalue weighted by atomic mass is 10.1. The molecule has 28 heavy (non-hydrogen) atoms. The van der Waals surface area contributed by atoms with Crippen LogP contribution in [0.15, 0.2) is 53.4 Å². The minimum Gasteiger partial charge on any atom is -0.352 e. The van der Waals surface area contributed by atoms with Crippen molar-refractivity contribution in [1.29, 1.82) is 0 Å². The Kier molecular flexibility index (Phi) is 4.29. The van der Waals surface area contributed by atoms with Crippen LogP contribution in [-0.4, -0.2) is 49.1 Å². The van der Waals surface area contributed by atoms with E-state index in [1.165, 1.54) is 5.56 Å². The Balaban J connectivity index is 1.34. The van der Waals surface area contributed by atoms with Gasteiger partial charge in [0, 0.05) is 26.2 Å². The maximum absolute atomic E-state index is 13.1. The molecule has 2 aliphatic rings. The third kappa shape index (κ3) is 3.04. The highest BCUT2D eigenvalue weighted by atomic mass is 32.2. The van der Waals surface area contributed by atoms with Gasteiger partial charge in [-0.2, -0.15) is 9.40 Å². The van der Waals surface area contributed by atoms with E-state index in [1.807, 2.05) is 30.3 Å². The van der Waals surface area contributed by atoms with Gasteiger partial charge in [-0.05, 0) is 53.8 Å². The fourth-order valence-corrected chi connectivity index (χ4v) is 5.56. The van der Waals surface area contributed by atoms with Gasteiger partial charge in [0.2, 0.25) is 10.0 Å². The van der Waals surface area contributed by atoms with Gasteiger partial charge >= 0.3 is 0 Å². The largest absolute Gasteiger partial charge is 0.352 e. The molecular weight excluding hydrogens is 372 g/mol. The van der Waals surface area contributed by atoms with E-state index in [4.69, 9.17) is 0 Å². The average molecular weight is 395 g/mol. The predicted octanol–water partition coefficient (Wildman–Crippen LogP) is 2.63. The third-order valence-electron chi connectivity index (χ3n) is 5.73. The van der Waals surface area contributed by atoms with Crippen molar-refractivity contribution in [1.82, 2.24) is 14.5 Å². The summed E-state index contributed by atoms with van der Waals surface area (Å²) in [5, 5.41) is 10.7. The molecular formula is C21H22N4O2S. The molecule has 0 bridgehead atoms. The zero-order valence-corrected chi connectivity index (χ0v) is 16.4. The summed E-state index contributed by atoms with van der Waals surface area (Å²) in [5.41, 5.74) is 2.40. The molecule has 0 unspecified atom stereocenters. The zero-order valence-electron chi connectivity index (χ0n) is 15.6. The van der Waals surface area contributed by atoms with Crippen molar-refractivity contribution in [2.24, 2.45) is 0 Å². The van der Waals surface area contributed by atoms with Crippen molar-refractivity contribution in [3.8, 4) is 0 Å². The number of aromatic nitrogens is 2. The Labute approximate surface area is 164 Å².